The molecule has 0 heterocycles. The number of esters is 2. The summed E-state index contributed by atoms with van der Waals surface area (Å²) in [5, 5.41) is 2.65. The Balaban J connectivity index is 2.44. The van der Waals surface area contributed by atoms with Gasteiger partial charge in [0.1, 0.15) is 6.04 Å². The molecule has 1 aromatic carbocycles. The first kappa shape index (κ1) is 21.0. The molecule has 0 aliphatic rings. The lowest BCUT2D eigenvalue weighted by molar-refractivity contribution is -0.148. The Labute approximate surface area is 152 Å². The van der Waals surface area contributed by atoms with Gasteiger partial charge in [-0.1, -0.05) is 18.2 Å². The zero-order valence-electron chi connectivity index (χ0n) is 14.7. The Hall–Kier alpha value is -2.02. The number of nitrogens with one attached hydrogen (secondary N) is 1. The van der Waals surface area contributed by atoms with Crippen LogP contribution in [-0.4, -0.2) is 42.9 Å². The van der Waals surface area contributed by atoms with Crippen LogP contribution >= 0.6 is 11.8 Å². The molecule has 0 unspecified atom stereocenters. The highest BCUT2D eigenvalue weighted by molar-refractivity contribution is 7.99. The van der Waals surface area contributed by atoms with Crippen LogP contribution in [0.2, 0.25) is 0 Å². The first-order valence-corrected chi connectivity index (χ1v) is 9.34. The molecule has 0 fully saturated rings. The molecule has 0 radical (unpaired) electrons. The molecule has 0 aliphatic carbocycles. The third-order valence-corrected chi connectivity index (χ3v) is 4.20. The minimum absolute atomic E-state index is 0.0520. The van der Waals surface area contributed by atoms with E-state index in [4.69, 9.17) is 9.47 Å². The van der Waals surface area contributed by atoms with Gasteiger partial charge in [0.2, 0.25) is 5.91 Å². The highest BCUT2D eigenvalue weighted by Gasteiger charge is 2.23. The molecule has 0 saturated carbocycles. The van der Waals surface area contributed by atoms with Crippen LogP contribution in [0.4, 0.5) is 0 Å². The van der Waals surface area contributed by atoms with Gasteiger partial charge in [0.25, 0.3) is 0 Å². The summed E-state index contributed by atoms with van der Waals surface area (Å²) in [4.78, 5) is 36.6. The van der Waals surface area contributed by atoms with Crippen LogP contribution in [0, 0.1) is 0 Å². The summed E-state index contributed by atoms with van der Waals surface area (Å²) in [6.07, 6.45) is 0.487. The number of ether oxygens (including phenoxy) is 2. The lowest BCUT2D eigenvalue weighted by Gasteiger charge is -2.17. The maximum absolute atomic E-state index is 12.1. The van der Waals surface area contributed by atoms with Gasteiger partial charge in [-0.3, -0.25) is 9.59 Å². The molecular weight excluding hydrogens is 342 g/mol. The van der Waals surface area contributed by atoms with Crippen molar-refractivity contribution in [3.63, 3.8) is 0 Å². The first-order chi connectivity index (χ1) is 12.1. The number of amides is 1. The van der Waals surface area contributed by atoms with Gasteiger partial charge in [0.15, 0.2) is 0 Å². The fourth-order valence-electron chi connectivity index (χ4n) is 2.03. The molecule has 1 aromatic rings. The van der Waals surface area contributed by atoms with Crippen LogP contribution in [0.1, 0.15) is 33.1 Å². The summed E-state index contributed by atoms with van der Waals surface area (Å²) < 4.78 is 9.80. The molecular formula is C18H25NO5S. The van der Waals surface area contributed by atoms with E-state index in [1.54, 1.807) is 25.6 Å². The highest BCUT2D eigenvalue weighted by Crippen LogP contribution is 2.17. The third kappa shape index (κ3) is 9.14. The number of hydrogen-bond acceptors (Lipinski definition) is 6. The molecule has 7 heteroatoms. The largest absolute Gasteiger partial charge is 0.466 e. The molecule has 6 nitrogen and oxygen atoms in total. The number of thioether (sulfide) groups is 1. The van der Waals surface area contributed by atoms with Crippen molar-refractivity contribution >= 4 is 29.6 Å². The van der Waals surface area contributed by atoms with E-state index in [0.29, 0.717) is 5.75 Å². The predicted molar refractivity (Wildman–Crippen MR) is 96.2 cm³/mol. The summed E-state index contributed by atoms with van der Waals surface area (Å²) in [5.41, 5.74) is 0. The Morgan fingerprint density at radius 2 is 1.72 bits per heavy atom. The Morgan fingerprint density at radius 3 is 2.36 bits per heavy atom. The van der Waals surface area contributed by atoms with Crippen LogP contribution in [0.25, 0.3) is 0 Å². The number of hydrogen-bond donors (Lipinski definition) is 1. The second kappa shape index (κ2) is 12.4. The van der Waals surface area contributed by atoms with Crippen LogP contribution in [-0.2, 0) is 23.9 Å². The Morgan fingerprint density at radius 1 is 1.04 bits per heavy atom. The summed E-state index contributed by atoms with van der Waals surface area (Å²) in [5.74, 6) is -0.574. The monoisotopic (exact) mass is 367 g/mol. The summed E-state index contributed by atoms with van der Waals surface area (Å²) in [6.45, 7) is 3.91. The van der Waals surface area contributed by atoms with E-state index in [-0.39, 0.29) is 38.4 Å². The van der Waals surface area contributed by atoms with Crippen molar-refractivity contribution < 1.29 is 23.9 Å². The van der Waals surface area contributed by atoms with E-state index in [9.17, 15) is 14.4 Å². The smallest absolute Gasteiger partial charge is 0.328 e. The minimum atomic E-state index is -0.835. The van der Waals surface area contributed by atoms with Crippen LogP contribution in [0.15, 0.2) is 35.2 Å². The predicted octanol–water partition coefficient (Wildman–Crippen LogP) is 2.56. The van der Waals surface area contributed by atoms with Crippen molar-refractivity contribution in [2.75, 3.05) is 19.0 Å². The average molecular weight is 367 g/mol. The normalized spacial score (nSPS) is 11.4. The number of benzene rings is 1. The van der Waals surface area contributed by atoms with Crippen LogP contribution < -0.4 is 5.32 Å². The lowest BCUT2D eigenvalue weighted by Crippen LogP contribution is -2.42. The van der Waals surface area contributed by atoms with Crippen LogP contribution in [0.3, 0.4) is 0 Å². The SMILES string of the molecule is CCOC(=O)CC[C@H](NC(=O)CCSc1ccccc1)C(=O)OCC. The van der Waals surface area contributed by atoms with Crippen LogP contribution in [0.5, 0.6) is 0 Å². The summed E-state index contributed by atoms with van der Waals surface area (Å²) in [6, 6.07) is 8.93. The quantitative estimate of drug-likeness (QED) is 0.478. The number of carbonyl (C=O) groups excluding carboxylic acids is 3. The second-order valence-electron chi connectivity index (χ2n) is 5.13. The highest BCUT2D eigenvalue weighted by atomic mass is 32.2. The van der Waals surface area contributed by atoms with Gasteiger partial charge >= 0.3 is 11.9 Å². The Bertz CT molecular complexity index is 550. The maximum atomic E-state index is 12.1. The van der Waals surface area contributed by atoms with Gasteiger partial charge in [-0.2, -0.15) is 0 Å². The molecule has 0 aromatic heterocycles. The molecule has 0 bridgehead atoms. The summed E-state index contributed by atoms with van der Waals surface area (Å²) in [7, 11) is 0. The molecule has 1 amide bonds. The van der Waals surface area contributed by atoms with E-state index >= 15 is 0 Å². The molecule has 1 atom stereocenters. The van der Waals surface area contributed by atoms with Crippen molar-refractivity contribution in [2.24, 2.45) is 0 Å². The van der Waals surface area contributed by atoms with Crippen molar-refractivity contribution in [3.05, 3.63) is 30.3 Å². The molecule has 138 valence electrons. The average Bonchev–Trinajstić information content (AvgIpc) is 2.60. The number of carbonyl (C=O) groups is 3. The molecule has 1 rings (SSSR count). The summed E-state index contributed by atoms with van der Waals surface area (Å²) >= 11 is 1.57. The van der Waals surface area contributed by atoms with Crippen molar-refractivity contribution in [1.82, 2.24) is 5.32 Å². The van der Waals surface area contributed by atoms with E-state index < -0.39 is 18.0 Å². The van der Waals surface area contributed by atoms with E-state index in [1.165, 1.54) is 0 Å². The second-order valence-corrected chi connectivity index (χ2v) is 6.30. The van der Waals surface area contributed by atoms with E-state index in [2.05, 4.69) is 5.32 Å². The first-order valence-electron chi connectivity index (χ1n) is 8.36. The van der Waals surface area contributed by atoms with E-state index in [1.807, 2.05) is 30.3 Å². The van der Waals surface area contributed by atoms with Gasteiger partial charge < -0.3 is 14.8 Å². The third-order valence-electron chi connectivity index (χ3n) is 3.19. The molecule has 0 spiro atoms. The standard InChI is InChI=1S/C18H25NO5S/c1-3-23-17(21)11-10-15(18(22)24-4-2)19-16(20)12-13-25-14-8-6-5-7-9-14/h5-9,15H,3-4,10-13H2,1-2H3,(H,19,20)/t15-/m0/s1. The van der Waals surface area contributed by atoms with Gasteiger partial charge in [0.05, 0.1) is 13.2 Å². The van der Waals surface area contributed by atoms with Crippen molar-refractivity contribution in [1.29, 1.82) is 0 Å². The molecule has 0 aliphatic heterocycles. The molecule has 25 heavy (non-hydrogen) atoms. The van der Waals surface area contributed by atoms with Crippen molar-refractivity contribution in [2.45, 2.75) is 44.0 Å². The van der Waals surface area contributed by atoms with Gasteiger partial charge in [-0.15, -0.1) is 11.8 Å². The topological polar surface area (TPSA) is 81.7 Å². The van der Waals surface area contributed by atoms with Gasteiger partial charge in [-0.05, 0) is 32.4 Å². The molecule has 0 saturated heterocycles. The Kier molecular flexibility index (Phi) is 10.4. The fraction of sp³-hybridized carbons (Fsp3) is 0.500. The van der Waals surface area contributed by atoms with Gasteiger partial charge in [-0.25, -0.2) is 4.79 Å². The lowest BCUT2D eigenvalue weighted by atomic mass is 10.1. The minimum Gasteiger partial charge on any atom is -0.466 e. The van der Waals surface area contributed by atoms with E-state index in [0.717, 1.165) is 4.90 Å². The zero-order chi connectivity index (χ0) is 18.5. The maximum Gasteiger partial charge on any atom is 0.328 e. The fourth-order valence-corrected chi connectivity index (χ4v) is 2.90. The number of rotatable bonds is 11. The van der Waals surface area contributed by atoms with Gasteiger partial charge in [0, 0.05) is 23.5 Å². The van der Waals surface area contributed by atoms with Crippen molar-refractivity contribution in [3.8, 4) is 0 Å². The molecule has 1 N–H and O–H groups in total. The zero-order valence-corrected chi connectivity index (χ0v) is 15.5.